The Kier molecular flexibility index (Phi) is 3.96. The molecule has 1 atom stereocenters. The molecule has 1 N–H and O–H groups in total. The zero-order chi connectivity index (χ0) is 11.4. The molecule has 0 amide bonds. The van der Waals surface area contributed by atoms with E-state index in [2.05, 4.69) is 39.8 Å². The summed E-state index contributed by atoms with van der Waals surface area (Å²) < 4.78 is 2.25. The average molecular weight is 222 g/mol. The Bertz CT molecular complexity index is 321. The van der Waals surface area contributed by atoms with Crippen molar-refractivity contribution in [2.24, 2.45) is 0 Å². The SMILES string of the molecule is CCCNC(C)CN1CCn2ccnc2C1. The first kappa shape index (κ1) is 11.6. The fraction of sp³-hybridized carbons (Fsp3) is 0.750. The zero-order valence-electron chi connectivity index (χ0n) is 10.3. The molecule has 1 unspecified atom stereocenters. The third-order valence-electron chi connectivity index (χ3n) is 3.10. The number of hydrogen-bond acceptors (Lipinski definition) is 3. The molecule has 0 saturated carbocycles. The molecule has 0 aliphatic carbocycles. The number of fused-ring (bicyclic) bond motifs is 1. The van der Waals surface area contributed by atoms with E-state index in [1.807, 2.05) is 6.20 Å². The molecule has 2 rings (SSSR count). The van der Waals surface area contributed by atoms with Gasteiger partial charge in [-0.3, -0.25) is 4.90 Å². The van der Waals surface area contributed by atoms with Gasteiger partial charge < -0.3 is 9.88 Å². The van der Waals surface area contributed by atoms with E-state index < -0.39 is 0 Å². The molecule has 0 spiro atoms. The van der Waals surface area contributed by atoms with E-state index in [1.54, 1.807) is 0 Å². The highest BCUT2D eigenvalue weighted by Crippen LogP contribution is 2.10. The van der Waals surface area contributed by atoms with Gasteiger partial charge in [0.05, 0.1) is 6.54 Å². The lowest BCUT2D eigenvalue weighted by molar-refractivity contribution is 0.198. The largest absolute Gasteiger partial charge is 0.333 e. The maximum absolute atomic E-state index is 4.38. The standard InChI is InChI=1S/C12H22N4/c1-3-4-13-11(2)9-15-7-8-16-6-5-14-12(16)10-15/h5-6,11,13H,3-4,7-10H2,1-2H3. The molecular formula is C12H22N4. The van der Waals surface area contributed by atoms with Gasteiger partial charge >= 0.3 is 0 Å². The summed E-state index contributed by atoms with van der Waals surface area (Å²) in [6.45, 7) is 9.91. The van der Waals surface area contributed by atoms with Crippen LogP contribution in [0.15, 0.2) is 12.4 Å². The summed E-state index contributed by atoms with van der Waals surface area (Å²) in [6, 6.07) is 0.571. The number of imidazole rings is 1. The van der Waals surface area contributed by atoms with Crippen LogP contribution >= 0.6 is 0 Å². The predicted octanol–water partition coefficient (Wildman–Crippen LogP) is 1.09. The van der Waals surface area contributed by atoms with Crippen molar-refractivity contribution >= 4 is 0 Å². The van der Waals surface area contributed by atoms with Crippen LogP contribution in [0.3, 0.4) is 0 Å². The third-order valence-corrected chi connectivity index (χ3v) is 3.10. The normalized spacial score (nSPS) is 18.4. The van der Waals surface area contributed by atoms with Crippen LogP contribution in [0.2, 0.25) is 0 Å². The summed E-state index contributed by atoms with van der Waals surface area (Å²) >= 11 is 0. The fourth-order valence-corrected chi connectivity index (χ4v) is 2.22. The van der Waals surface area contributed by atoms with Crippen LogP contribution in [-0.2, 0) is 13.1 Å². The lowest BCUT2D eigenvalue weighted by Gasteiger charge is -2.30. The minimum absolute atomic E-state index is 0.571. The monoisotopic (exact) mass is 222 g/mol. The second kappa shape index (κ2) is 5.46. The second-order valence-corrected chi connectivity index (χ2v) is 4.63. The Balaban J connectivity index is 1.80. The zero-order valence-corrected chi connectivity index (χ0v) is 10.3. The number of nitrogens with zero attached hydrogens (tertiary/aromatic N) is 3. The Morgan fingerprint density at radius 2 is 2.38 bits per heavy atom. The molecule has 1 aliphatic rings. The summed E-state index contributed by atoms with van der Waals surface area (Å²) in [6.07, 6.45) is 5.18. The van der Waals surface area contributed by atoms with Crippen molar-refractivity contribution < 1.29 is 0 Å². The summed E-state index contributed by atoms with van der Waals surface area (Å²) in [5.74, 6) is 1.20. The Morgan fingerprint density at radius 1 is 1.50 bits per heavy atom. The number of nitrogens with one attached hydrogen (secondary N) is 1. The first-order chi connectivity index (χ1) is 7.79. The molecule has 0 aromatic carbocycles. The van der Waals surface area contributed by atoms with E-state index in [1.165, 1.54) is 12.2 Å². The molecule has 4 nitrogen and oxygen atoms in total. The molecule has 0 radical (unpaired) electrons. The molecule has 0 saturated heterocycles. The van der Waals surface area contributed by atoms with Gasteiger partial charge in [0.2, 0.25) is 0 Å². The van der Waals surface area contributed by atoms with Crippen molar-refractivity contribution in [2.45, 2.75) is 39.4 Å². The molecule has 1 aliphatic heterocycles. The first-order valence-electron chi connectivity index (χ1n) is 6.25. The second-order valence-electron chi connectivity index (χ2n) is 4.63. The molecule has 0 bridgehead atoms. The molecule has 1 aromatic heterocycles. The maximum atomic E-state index is 4.38. The first-order valence-corrected chi connectivity index (χ1v) is 6.25. The minimum Gasteiger partial charge on any atom is -0.333 e. The van der Waals surface area contributed by atoms with E-state index in [4.69, 9.17) is 0 Å². The fourth-order valence-electron chi connectivity index (χ4n) is 2.22. The van der Waals surface area contributed by atoms with Crippen LogP contribution in [-0.4, -0.2) is 40.1 Å². The summed E-state index contributed by atoms with van der Waals surface area (Å²) in [5, 5.41) is 3.53. The number of hydrogen-bond donors (Lipinski definition) is 1. The lowest BCUT2D eigenvalue weighted by atomic mass is 10.2. The van der Waals surface area contributed by atoms with Gasteiger partial charge in [-0.15, -0.1) is 0 Å². The minimum atomic E-state index is 0.571. The maximum Gasteiger partial charge on any atom is 0.122 e. The van der Waals surface area contributed by atoms with E-state index in [-0.39, 0.29) is 0 Å². The van der Waals surface area contributed by atoms with Crippen molar-refractivity contribution in [3.8, 4) is 0 Å². The van der Waals surface area contributed by atoms with Gasteiger partial charge in [-0.05, 0) is 19.9 Å². The predicted molar refractivity (Wildman–Crippen MR) is 65.3 cm³/mol. The summed E-state index contributed by atoms with van der Waals surface area (Å²) in [5.41, 5.74) is 0. The van der Waals surface area contributed by atoms with Crippen LogP contribution in [0, 0.1) is 0 Å². The molecule has 2 heterocycles. The van der Waals surface area contributed by atoms with Gasteiger partial charge in [0.1, 0.15) is 5.82 Å². The summed E-state index contributed by atoms with van der Waals surface area (Å²) in [7, 11) is 0. The Labute approximate surface area is 97.7 Å². The van der Waals surface area contributed by atoms with Crippen LogP contribution in [0.1, 0.15) is 26.1 Å². The lowest BCUT2D eigenvalue weighted by Crippen LogP contribution is -2.42. The Morgan fingerprint density at radius 3 is 3.19 bits per heavy atom. The van der Waals surface area contributed by atoms with Gasteiger partial charge in [0, 0.05) is 38.1 Å². The molecular weight excluding hydrogens is 200 g/mol. The van der Waals surface area contributed by atoms with Crippen LogP contribution in [0.25, 0.3) is 0 Å². The van der Waals surface area contributed by atoms with E-state index >= 15 is 0 Å². The van der Waals surface area contributed by atoms with Gasteiger partial charge in [0.25, 0.3) is 0 Å². The smallest absolute Gasteiger partial charge is 0.122 e. The number of rotatable bonds is 5. The van der Waals surface area contributed by atoms with Gasteiger partial charge in [-0.1, -0.05) is 6.92 Å². The molecule has 90 valence electrons. The van der Waals surface area contributed by atoms with Gasteiger partial charge in [-0.25, -0.2) is 4.98 Å². The van der Waals surface area contributed by atoms with Crippen molar-refractivity contribution in [3.05, 3.63) is 18.2 Å². The van der Waals surface area contributed by atoms with Gasteiger partial charge in [0.15, 0.2) is 0 Å². The quantitative estimate of drug-likeness (QED) is 0.809. The highest BCUT2D eigenvalue weighted by atomic mass is 15.2. The molecule has 16 heavy (non-hydrogen) atoms. The highest BCUT2D eigenvalue weighted by Gasteiger charge is 2.17. The van der Waals surface area contributed by atoms with Crippen LogP contribution < -0.4 is 5.32 Å². The Hall–Kier alpha value is -0.870. The molecule has 1 aromatic rings. The van der Waals surface area contributed by atoms with Crippen molar-refractivity contribution in [1.29, 1.82) is 0 Å². The number of aromatic nitrogens is 2. The van der Waals surface area contributed by atoms with Crippen molar-refractivity contribution in [2.75, 3.05) is 19.6 Å². The summed E-state index contributed by atoms with van der Waals surface area (Å²) in [4.78, 5) is 6.86. The van der Waals surface area contributed by atoms with E-state index in [9.17, 15) is 0 Å². The van der Waals surface area contributed by atoms with Crippen molar-refractivity contribution in [1.82, 2.24) is 19.8 Å². The molecule has 0 fully saturated rings. The third kappa shape index (κ3) is 2.83. The average Bonchev–Trinajstić information content (AvgIpc) is 2.73. The van der Waals surface area contributed by atoms with Crippen LogP contribution in [0.5, 0.6) is 0 Å². The highest BCUT2D eigenvalue weighted by molar-refractivity contribution is 4.95. The van der Waals surface area contributed by atoms with Crippen molar-refractivity contribution in [3.63, 3.8) is 0 Å². The van der Waals surface area contributed by atoms with E-state index in [0.29, 0.717) is 6.04 Å². The topological polar surface area (TPSA) is 33.1 Å². The van der Waals surface area contributed by atoms with Crippen LogP contribution in [0.4, 0.5) is 0 Å². The molecule has 4 heteroatoms. The van der Waals surface area contributed by atoms with E-state index in [0.717, 1.165) is 32.7 Å². The van der Waals surface area contributed by atoms with Gasteiger partial charge in [-0.2, -0.15) is 0 Å².